The molecule has 4 aromatic rings. The van der Waals surface area contributed by atoms with E-state index in [0.29, 0.717) is 23.7 Å². The van der Waals surface area contributed by atoms with Gasteiger partial charge in [0.05, 0.1) is 11.3 Å². The molecule has 0 spiro atoms. The fraction of sp³-hybridized carbons (Fsp3) is 0.179. The molecule has 1 aromatic heterocycles. The molecule has 0 unspecified atom stereocenters. The molecule has 36 heavy (non-hydrogen) atoms. The summed E-state index contributed by atoms with van der Waals surface area (Å²) in [6.07, 6.45) is 1.45. The average molecular weight is 485 g/mol. The first-order valence-corrected chi connectivity index (χ1v) is 11.6. The normalized spacial score (nSPS) is 12.0. The second kappa shape index (κ2) is 10.0. The number of hydrogen-bond acceptors (Lipinski definition) is 6. The van der Waals surface area contributed by atoms with Crippen molar-refractivity contribution >= 4 is 17.5 Å². The van der Waals surface area contributed by atoms with Crippen LogP contribution in [0.2, 0.25) is 0 Å². The van der Waals surface area contributed by atoms with Gasteiger partial charge in [-0.15, -0.1) is 0 Å². The van der Waals surface area contributed by atoms with Crippen LogP contribution in [0.5, 0.6) is 11.5 Å². The molecule has 0 bridgehead atoms. The molecule has 0 radical (unpaired) electrons. The molecule has 2 heterocycles. The number of nitrogens with zero attached hydrogens (tertiary/aromatic N) is 3. The van der Waals surface area contributed by atoms with E-state index in [0.717, 1.165) is 5.56 Å². The third-order valence-corrected chi connectivity index (χ3v) is 5.86. The lowest BCUT2D eigenvalue weighted by molar-refractivity contribution is 0.0690. The Hall–Kier alpha value is -4.46. The van der Waals surface area contributed by atoms with E-state index in [4.69, 9.17) is 9.47 Å². The van der Waals surface area contributed by atoms with Crippen LogP contribution in [0, 0.1) is 5.82 Å². The van der Waals surface area contributed by atoms with Gasteiger partial charge in [0.2, 0.25) is 12.7 Å². The lowest BCUT2D eigenvalue weighted by Gasteiger charge is -2.27. The van der Waals surface area contributed by atoms with Crippen molar-refractivity contribution in [3.05, 3.63) is 95.9 Å². The number of carbonyl (C=O) groups excluding carboxylic acids is 1. The van der Waals surface area contributed by atoms with Gasteiger partial charge in [0.1, 0.15) is 5.82 Å². The molecule has 5 rings (SSSR count). The standard InChI is InChI=1S/C28H25FN4O3/c1-18(2)33(16-19-8-4-3-5-9-19)27(34)22-15-30-28(32-26(22)21-10-6-7-11-23(21)29)31-20-12-13-24-25(14-20)36-17-35-24/h3-15,18H,16-17H2,1-2H3,(H,30,31,32). The van der Waals surface area contributed by atoms with Crippen molar-refractivity contribution < 1.29 is 18.7 Å². The summed E-state index contributed by atoms with van der Waals surface area (Å²) in [6, 6.07) is 21.3. The number of ether oxygens (including phenoxy) is 2. The number of carbonyl (C=O) groups is 1. The van der Waals surface area contributed by atoms with E-state index in [1.807, 2.05) is 44.2 Å². The Morgan fingerprint density at radius 1 is 1.03 bits per heavy atom. The SMILES string of the molecule is CC(C)N(Cc1ccccc1)C(=O)c1cnc(Nc2ccc3c(c2)OCO3)nc1-c1ccccc1F. The summed E-state index contributed by atoms with van der Waals surface area (Å²) in [5.74, 6) is 0.735. The Bertz CT molecular complexity index is 1390. The molecule has 7 nitrogen and oxygen atoms in total. The molecular formula is C28H25FN4O3. The number of nitrogens with one attached hydrogen (secondary N) is 1. The summed E-state index contributed by atoms with van der Waals surface area (Å²) < 4.78 is 25.7. The van der Waals surface area contributed by atoms with Crippen LogP contribution in [0.25, 0.3) is 11.3 Å². The van der Waals surface area contributed by atoms with Crippen LogP contribution in [0.4, 0.5) is 16.0 Å². The predicted molar refractivity (Wildman–Crippen MR) is 135 cm³/mol. The molecule has 0 saturated heterocycles. The number of benzene rings is 3. The van der Waals surface area contributed by atoms with Crippen LogP contribution >= 0.6 is 0 Å². The van der Waals surface area contributed by atoms with Crippen molar-refractivity contribution in [2.45, 2.75) is 26.4 Å². The maximum atomic E-state index is 14.9. The van der Waals surface area contributed by atoms with Crippen LogP contribution in [0.15, 0.2) is 79.0 Å². The van der Waals surface area contributed by atoms with Gasteiger partial charge < -0.3 is 19.7 Å². The van der Waals surface area contributed by atoms with Crippen LogP contribution in [0.1, 0.15) is 29.8 Å². The van der Waals surface area contributed by atoms with Crippen molar-refractivity contribution in [3.63, 3.8) is 0 Å². The second-order valence-corrected chi connectivity index (χ2v) is 8.64. The molecular weight excluding hydrogens is 459 g/mol. The highest BCUT2D eigenvalue weighted by molar-refractivity contribution is 6.00. The highest BCUT2D eigenvalue weighted by Crippen LogP contribution is 2.35. The van der Waals surface area contributed by atoms with E-state index in [9.17, 15) is 9.18 Å². The molecule has 1 aliphatic rings. The van der Waals surface area contributed by atoms with Gasteiger partial charge in [0, 0.05) is 36.1 Å². The first-order valence-electron chi connectivity index (χ1n) is 11.6. The highest BCUT2D eigenvalue weighted by atomic mass is 19.1. The Balaban J connectivity index is 1.52. The van der Waals surface area contributed by atoms with Crippen molar-refractivity contribution in [2.24, 2.45) is 0 Å². The lowest BCUT2D eigenvalue weighted by atomic mass is 10.0. The second-order valence-electron chi connectivity index (χ2n) is 8.64. The number of aromatic nitrogens is 2. The van der Waals surface area contributed by atoms with Gasteiger partial charge in [-0.3, -0.25) is 4.79 Å². The summed E-state index contributed by atoms with van der Waals surface area (Å²) in [6.45, 7) is 4.46. The minimum Gasteiger partial charge on any atom is -0.454 e. The average Bonchev–Trinajstić information content (AvgIpc) is 3.36. The Kier molecular flexibility index (Phi) is 6.49. The topological polar surface area (TPSA) is 76.6 Å². The minimum atomic E-state index is -0.474. The van der Waals surface area contributed by atoms with Crippen LogP contribution in [0.3, 0.4) is 0 Å². The molecule has 0 aliphatic carbocycles. The van der Waals surface area contributed by atoms with Gasteiger partial charge in [-0.2, -0.15) is 0 Å². The molecule has 182 valence electrons. The van der Waals surface area contributed by atoms with Crippen LogP contribution in [-0.4, -0.2) is 33.6 Å². The molecule has 3 aromatic carbocycles. The van der Waals surface area contributed by atoms with Gasteiger partial charge in [0.15, 0.2) is 11.5 Å². The van der Waals surface area contributed by atoms with Crippen molar-refractivity contribution in [2.75, 3.05) is 12.1 Å². The Morgan fingerprint density at radius 3 is 2.56 bits per heavy atom. The number of fused-ring (bicyclic) bond motifs is 1. The van der Waals surface area contributed by atoms with E-state index in [2.05, 4.69) is 15.3 Å². The van der Waals surface area contributed by atoms with Crippen LogP contribution in [-0.2, 0) is 6.54 Å². The van der Waals surface area contributed by atoms with Gasteiger partial charge in [0.25, 0.3) is 5.91 Å². The van der Waals surface area contributed by atoms with Crippen molar-refractivity contribution in [1.82, 2.24) is 14.9 Å². The largest absolute Gasteiger partial charge is 0.454 e. The molecule has 1 aliphatic heterocycles. The molecule has 8 heteroatoms. The third kappa shape index (κ3) is 4.84. The first-order chi connectivity index (χ1) is 17.5. The van der Waals surface area contributed by atoms with E-state index >= 15 is 0 Å². The van der Waals surface area contributed by atoms with Gasteiger partial charge >= 0.3 is 0 Å². The zero-order valence-electron chi connectivity index (χ0n) is 19.9. The zero-order valence-corrected chi connectivity index (χ0v) is 19.9. The van der Waals surface area contributed by atoms with E-state index in [-0.39, 0.29) is 41.5 Å². The number of anilines is 2. The highest BCUT2D eigenvalue weighted by Gasteiger charge is 2.25. The lowest BCUT2D eigenvalue weighted by Crippen LogP contribution is -2.37. The van der Waals surface area contributed by atoms with Crippen molar-refractivity contribution in [1.29, 1.82) is 0 Å². The number of amides is 1. The summed E-state index contributed by atoms with van der Waals surface area (Å²) in [5, 5.41) is 3.12. The molecule has 0 atom stereocenters. The molecule has 0 fully saturated rings. The van der Waals surface area contributed by atoms with Gasteiger partial charge in [-0.1, -0.05) is 42.5 Å². The summed E-state index contributed by atoms with van der Waals surface area (Å²) in [5.41, 5.74) is 2.33. The Morgan fingerprint density at radius 2 is 1.78 bits per heavy atom. The maximum absolute atomic E-state index is 14.9. The number of rotatable bonds is 7. The maximum Gasteiger partial charge on any atom is 0.258 e. The summed E-state index contributed by atoms with van der Waals surface area (Å²) >= 11 is 0. The quantitative estimate of drug-likeness (QED) is 0.357. The summed E-state index contributed by atoms with van der Waals surface area (Å²) in [4.78, 5) is 24.5. The fourth-order valence-electron chi connectivity index (χ4n) is 3.98. The van der Waals surface area contributed by atoms with Gasteiger partial charge in [-0.25, -0.2) is 14.4 Å². The smallest absolute Gasteiger partial charge is 0.258 e. The minimum absolute atomic E-state index is 0.0994. The van der Waals surface area contributed by atoms with E-state index < -0.39 is 5.82 Å². The Labute approximate surface area is 208 Å². The molecule has 0 saturated carbocycles. The van der Waals surface area contributed by atoms with Gasteiger partial charge in [-0.05, 0) is 43.7 Å². The predicted octanol–water partition coefficient (Wildman–Crippen LogP) is 5.81. The molecule has 1 amide bonds. The zero-order chi connectivity index (χ0) is 25.1. The van der Waals surface area contributed by atoms with E-state index in [1.165, 1.54) is 12.3 Å². The monoisotopic (exact) mass is 484 g/mol. The molecule has 1 N–H and O–H groups in total. The first kappa shape index (κ1) is 23.3. The van der Waals surface area contributed by atoms with E-state index in [1.54, 1.807) is 41.3 Å². The third-order valence-electron chi connectivity index (χ3n) is 5.86. The van der Waals surface area contributed by atoms with Crippen LogP contribution < -0.4 is 14.8 Å². The fourth-order valence-corrected chi connectivity index (χ4v) is 3.98. The van der Waals surface area contributed by atoms with Crippen molar-refractivity contribution in [3.8, 4) is 22.8 Å². The number of halogens is 1. The number of hydrogen-bond donors (Lipinski definition) is 1. The summed E-state index contributed by atoms with van der Waals surface area (Å²) in [7, 11) is 0.